The van der Waals surface area contributed by atoms with E-state index in [1.54, 1.807) is 0 Å². The van der Waals surface area contributed by atoms with Crippen molar-refractivity contribution in [2.75, 3.05) is 64.3 Å². The van der Waals surface area contributed by atoms with Crippen LogP contribution in [0.1, 0.15) is 5.56 Å². The number of benzene rings is 1. The number of morpholine rings is 1. The molecular weight excluding hydrogens is 416 g/mol. The van der Waals surface area contributed by atoms with E-state index in [1.807, 2.05) is 35.5 Å². The molecular formula is C25H32N6O2. The van der Waals surface area contributed by atoms with Gasteiger partial charge < -0.3 is 19.5 Å². The molecule has 2 amide bonds. The van der Waals surface area contributed by atoms with E-state index in [0.29, 0.717) is 0 Å². The monoisotopic (exact) mass is 448 g/mol. The lowest BCUT2D eigenvalue weighted by molar-refractivity contribution is 0.0365. The van der Waals surface area contributed by atoms with Gasteiger partial charge in [0.1, 0.15) is 0 Å². The van der Waals surface area contributed by atoms with Crippen molar-refractivity contribution < 1.29 is 9.53 Å². The zero-order chi connectivity index (χ0) is 22.5. The quantitative estimate of drug-likeness (QED) is 0.628. The summed E-state index contributed by atoms with van der Waals surface area (Å²) < 4.78 is 7.72. The third-order valence-corrected chi connectivity index (χ3v) is 6.60. The van der Waals surface area contributed by atoms with Crippen LogP contribution in [0.2, 0.25) is 0 Å². The minimum absolute atomic E-state index is 0.0235. The summed E-state index contributed by atoms with van der Waals surface area (Å²) >= 11 is 0. The number of carbonyl (C=O) groups excluding carboxylic acids is 1. The van der Waals surface area contributed by atoms with E-state index in [1.165, 1.54) is 11.1 Å². The number of rotatable bonds is 6. The third kappa shape index (κ3) is 5.52. The van der Waals surface area contributed by atoms with E-state index in [4.69, 9.17) is 4.74 Å². The molecule has 174 valence electrons. The standard InChI is InChI=1S/C25H32N6O2/c32-25(31-13-10-29(11-14-31)20-21-3-6-26-7-4-21)27-23-1-2-24-22(19-23)5-8-30(24)12-9-28-15-17-33-18-16-28/h1-8,19H,9-18,20H2,(H,27,32). The maximum Gasteiger partial charge on any atom is 0.321 e. The smallest absolute Gasteiger partial charge is 0.321 e. The van der Waals surface area contributed by atoms with Crippen LogP contribution in [0.3, 0.4) is 0 Å². The van der Waals surface area contributed by atoms with Crippen LogP contribution in [0.4, 0.5) is 10.5 Å². The van der Waals surface area contributed by atoms with Crippen molar-refractivity contribution in [1.82, 2.24) is 24.3 Å². The second-order valence-electron chi connectivity index (χ2n) is 8.79. The molecule has 2 aliphatic rings. The molecule has 2 aromatic heterocycles. The Bertz CT molecular complexity index is 1060. The van der Waals surface area contributed by atoms with Gasteiger partial charge in [-0.2, -0.15) is 0 Å². The van der Waals surface area contributed by atoms with Gasteiger partial charge in [-0.3, -0.25) is 14.8 Å². The highest BCUT2D eigenvalue weighted by Crippen LogP contribution is 2.21. The van der Waals surface area contributed by atoms with Crippen LogP contribution in [-0.4, -0.2) is 89.3 Å². The minimum Gasteiger partial charge on any atom is -0.379 e. The second-order valence-corrected chi connectivity index (χ2v) is 8.79. The van der Waals surface area contributed by atoms with E-state index in [2.05, 4.69) is 49.1 Å². The normalized spacial score (nSPS) is 18.0. The van der Waals surface area contributed by atoms with E-state index >= 15 is 0 Å². The van der Waals surface area contributed by atoms with Gasteiger partial charge >= 0.3 is 6.03 Å². The fourth-order valence-corrected chi connectivity index (χ4v) is 4.60. The summed E-state index contributed by atoms with van der Waals surface area (Å²) in [6.07, 6.45) is 5.79. The fourth-order valence-electron chi connectivity index (χ4n) is 4.60. The Labute approximate surface area is 194 Å². The molecule has 4 heterocycles. The largest absolute Gasteiger partial charge is 0.379 e. The number of anilines is 1. The topological polar surface area (TPSA) is 65.9 Å². The molecule has 5 rings (SSSR count). The summed E-state index contributed by atoms with van der Waals surface area (Å²) in [5.41, 5.74) is 3.30. The molecule has 2 saturated heterocycles. The zero-order valence-electron chi connectivity index (χ0n) is 19.0. The number of nitrogens with one attached hydrogen (secondary N) is 1. The van der Waals surface area contributed by atoms with Crippen LogP contribution in [0.5, 0.6) is 0 Å². The van der Waals surface area contributed by atoms with Crippen LogP contribution in [0, 0.1) is 0 Å². The number of aromatic nitrogens is 2. The Morgan fingerprint density at radius 2 is 1.70 bits per heavy atom. The van der Waals surface area contributed by atoms with Gasteiger partial charge in [-0.05, 0) is 42.0 Å². The number of hydrogen-bond donors (Lipinski definition) is 1. The average Bonchev–Trinajstić information content (AvgIpc) is 3.26. The summed E-state index contributed by atoms with van der Waals surface area (Å²) in [6.45, 7) is 9.77. The summed E-state index contributed by atoms with van der Waals surface area (Å²) in [5.74, 6) is 0. The molecule has 2 fully saturated rings. The molecule has 0 aliphatic carbocycles. The van der Waals surface area contributed by atoms with Crippen molar-refractivity contribution in [3.8, 4) is 0 Å². The number of amides is 2. The van der Waals surface area contributed by atoms with Crippen molar-refractivity contribution in [3.05, 3.63) is 60.6 Å². The minimum atomic E-state index is -0.0235. The molecule has 33 heavy (non-hydrogen) atoms. The number of piperazine rings is 1. The van der Waals surface area contributed by atoms with Gasteiger partial charge in [0.2, 0.25) is 0 Å². The van der Waals surface area contributed by atoms with E-state index < -0.39 is 0 Å². The molecule has 0 radical (unpaired) electrons. The van der Waals surface area contributed by atoms with Gasteiger partial charge in [-0.15, -0.1) is 0 Å². The van der Waals surface area contributed by atoms with Crippen molar-refractivity contribution >= 4 is 22.6 Å². The Hall–Kier alpha value is -2.94. The van der Waals surface area contributed by atoms with Gasteiger partial charge in [0, 0.05) is 94.1 Å². The lowest BCUT2D eigenvalue weighted by atomic mass is 10.2. The van der Waals surface area contributed by atoms with Crippen molar-refractivity contribution in [2.24, 2.45) is 0 Å². The van der Waals surface area contributed by atoms with Crippen molar-refractivity contribution in [3.63, 3.8) is 0 Å². The summed E-state index contributed by atoms with van der Waals surface area (Å²) in [6, 6.07) is 12.4. The number of hydrogen-bond acceptors (Lipinski definition) is 5. The van der Waals surface area contributed by atoms with Crippen molar-refractivity contribution in [1.29, 1.82) is 0 Å². The van der Waals surface area contributed by atoms with E-state index in [9.17, 15) is 4.79 Å². The Balaban J connectivity index is 1.13. The number of nitrogens with zero attached hydrogens (tertiary/aromatic N) is 5. The van der Waals surface area contributed by atoms with E-state index in [-0.39, 0.29) is 6.03 Å². The predicted octanol–water partition coefficient (Wildman–Crippen LogP) is 2.72. The van der Waals surface area contributed by atoms with Gasteiger partial charge in [0.05, 0.1) is 13.2 Å². The summed E-state index contributed by atoms with van der Waals surface area (Å²) in [5, 5.41) is 4.24. The highest BCUT2D eigenvalue weighted by Gasteiger charge is 2.21. The van der Waals surface area contributed by atoms with Gasteiger partial charge in [-0.1, -0.05) is 0 Å². The molecule has 2 aliphatic heterocycles. The summed E-state index contributed by atoms with van der Waals surface area (Å²) in [4.78, 5) is 23.6. The lowest BCUT2D eigenvalue weighted by Gasteiger charge is -2.34. The van der Waals surface area contributed by atoms with Crippen LogP contribution >= 0.6 is 0 Å². The van der Waals surface area contributed by atoms with E-state index in [0.717, 1.165) is 83.2 Å². The SMILES string of the molecule is O=C(Nc1ccc2c(ccn2CCN2CCOCC2)c1)N1CCN(Cc2ccncc2)CC1. The Morgan fingerprint density at radius 3 is 2.48 bits per heavy atom. The number of ether oxygens (including phenoxy) is 1. The maximum absolute atomic E-state index is 12.8. The van der Waals surface area contributed by atoms with Crippen LogP contribution < -0.4 is 5.32 Å². The third-order valence-electron chi connectivity index (χ3n) is 6.60. The van der Waals surface area contributed by atoms with Crippen LogP contribution in [0.25, 0.3) is 10.9 Å². The number of fused-ring (bicyclic) bond motifs is 1. The van der Waals surface area contributed by atoms with Crippen molar-refractivity contribution in [2.45, 2.75) is 13.1 Å². The van der Waals surface area contributed by atoms with Gasteiger partial charge in [0.15, 0.2) is 0 Å². The average molecular weight is 449 g/mol. The number of urea groups is 1. The molecule has 1 N–H and O–H groups in total. The fraction of sp³-hybridized carbons (Fsp3) is 0.440. The van der Waals surface area contributed by atoms with Crippen LogP contribution in [0.15, 0.2) is 55.0 Å². The Morgan fingerprint density at radius 1 is 0.909 bits per heavy atom. The molecule has 0 unspecified atom stereocenters. The molecule has 3 aromatic rings. The first-order valence-corrected chi connectivity index (χ1v) is 11.8. The van der Waals surface area contributed by atoms with Gasteiger partial charge in [0.25, 0.3) is 0 Å². The number of pyridine rings is 1. The van der Waals surface area contributed by atoms with Gasteiger partial charge in [-0.25, -0.2) is 4.79 Å². The molecule has 0 spiro atoms. The highest BCUT2D eigenvalue weighted by molar-refractivity contribution is 5.93. The maximum atomic E-state index is 12.8. The molecule has 0 atom stereocenters. The Kier molecular flexibility index (Phi) is 6.85. The molecule has 1 aromatic carbocycles. The van der Waals surface area contributed by atoms with Crippen LogP contribution in [-0.2, 0) is 17.8 Å². The zero-order valence-corrected chi connectivity index (χ0v) is 19.0. The lowest BCUT2D eigenvalue weighted by Crippen LogP contribution is -2.49. The number of carbonyl (C=O) groups is 1. The molecule has 0 bridgehead atoms. The molecule has 0 saturated carbocycles. The first kappa shape index (κ1) is 21.9. The first-order valence-electron chi connectivity index (χ1n) is 11.8. The highest BCUT2D eigenvalue weighted by atomic mass is 16.5. The second kappa shape index (κ2) is 10.3. The predicted molar refractivity (Wildman–Crippen MR) is 129 cm³/mol. The molecule has 8 nitrogen and oxygen atoms in total. The molecule has 8 heteroatoms. The first-order chi connectivity index (χ1) is 16.2. The summed E-state index contributed by atoms with van der Waals surface area (Å²) in [7, 11) is 0.